The van der Waals surface area contributed by atoms with E-state index < -0.39 is 5.97 Å². The maximum Gasteiger partial charge on any atom is 0.350 e. The van der Waals surface area contributed by atoms with Crippen molar-refractivity contribution in [1.29, 1.82) is 0 Å². The van der Waals surface area contributed by atoms with Gasteiger partial charge in [-0.15, -0.1) is 11.3 Å². The molecule has 0 bridgehead atoms. The van der Waals surface area contributed by atoms with Crippen molar-refractivity contribution in [3.63, 3.8) is 0 Å². The number of hydrogen-bond acceptors (Lipinski definition) is 5. The third kappa shape index (κ3) is 1.91. The molecule has 3 N–H and O–H groups in total. The normalized spacial score (nSPS) is 10.7. The summed E-state index contributed by atoms with van der Waals surface area (Å²) < 4.78 is 4.91. The number of nitrogens with two attached hydrogens (primary N) is 1. The molecule has 0 atom stereocenters. The number of carbonyl (C=O) groups is 1. The van der Waals surface area contributed by atoms with Crippen LogP contribution < -0.4 is 11.3 Å². The Morgan fingerprint density at radius 1 is 1.59 bits per heavy atom. The second-order valence-electron chi connectivity index (χ2n) is 3.59. The van der Waals surface area contributed by atoms with E-state index in [9.17, 15) is 9.59 Å². The highest BCUT2D eigenvalue weighted by Crippen LogP contribution is 2.33. The van der Waals surface area contributed by atoms with Gasteiger partial charge in [0.2, 0.25) is 5.56 Å². The van der Waals surface area contributed by atoms with Crippen LogP contribution in [0.2, 0.25) is 0 Å². The van der Waals surface area contributed by atoms with E-state index in [-0.39, 0.29) is 5.56 Å². The summed E-state index contributed by atoms with van der Waals surface area (Å²) in [6.45, 7) is 3.81. The first-order valence-electron chi connectivity index (χ1n) is 5.13. The molecule has 0 saturated carbocycles. The first-order chi connectivity index (χ1) is 8.04. The number of nitrogen functional groups attached to an aromatic ring is 1. The number of esters is 1. The summed E-state index contributed by atoms with van der Waals surface area (Å²) in [6, 6.07) is 1.46. The molecule has 0 unspecified atom stereocenters. The number of pyridine rings is 1. The number of H-pyrrole nitrogens is 1. The molecular weight excluding hydrogens is 240 g/mol. The summed E-state index contributed by atoms with van der Waals surface area (Å²) in [7, 11) is 0. The fourth-order valence-corrected chi connectivity index (χ4v) is 2.77. The average molecular weight is 252 g/mol. The highest BCUT2D eigenvalue weighted by Gasteiger charge is 2.19. The molecule has 0 spiro atoms. The van der Waals surface area contributed by atoms with Crippen molar-refractivity contribution in [3.8, 4) is 0 Å². The number of ether oxygens (including phenoxy) is 1. The molecule has 0 amide bonds. The molecule has 5 nitrogen and oxygen atoms in total. The van der Waals surface area contributed by atoms with Crippen LogP contribution in [0.5, 0.6) is 0 Å². The summed E-state index contributed by atoms with van der Waals surface area (Å²) in [4.78, 5) is 26.6. The van der Waals surface area contributed by atoms with Crippen LogP contribution >= 0.6 is 11.3 Å². The molecule has 2 aromatic heterocycles. The zero-order chi connectivity index (χ0) is 12.6. The number of rotatable bonds is 2. The van der Waals surface area contributed by atoms with E-state index >= 15 is 0 Å². The number of aromatic nitrogens is 1. The number of anilines is 1. The molecule has 6 heteroatoms. The lowest BCUT2D eigenvalue weighted by Gasteiger charge is -1.99. The first kappa shape index (κ1) is 11.7. The molecule has 0 aliphatic rings. The minimum atomic E-state index is -0.452. The molecule has 0 aliphatic heterocycles. The van der Waals surface area contributed by atoms with Crippen LogP contribution in [0.25, 0.3) is 10.2 Å². The minimum absolute atomic E-state index is 0.202. The van der Waals surface area contributed by atoms with E-state index in [1.807, 2.05) is 0 Å². The Labute approximate surface area is 101 Å². The van der Waals surface area contributed by atoms with Gasteiger partial charge in [0.05, 0.1) is 12.3 Å². The van der Waals surface area contributed by atoms with Crippen LogP contribution in [0.1, 0.15) is 22.2 Å². The van der Waals surface area contributed by atoms with Crippen molar-refractivity contribution >= 4 is 33.2 Å². The Bertz CT molecular complexity index is 642. The molecule has 0 aliphatic carbocycles. The summed E-state index contributed by atoms with van der Waals surface area (Å²) in [5.41, 5.74) is 6.84. The van der Waals surface area contributed by atoms with Crippen molar-refractivity contribution < 1.29 is 9.53 Å². The zero-order valence-corrected chi connectivity index (χ0v) is 10.3. The predicted molar refractivity (Wildman–Crippen MR) is 67.6 cm³/mol. The molecule has 2 rings (SSSR count). The molecule has 0 saturated heterocycles. The smallest absolute Gasteiger partial charge is 0.350 e. The van der Waals surface area contributed by atoms with Gasteiger partial charge in [0.15, 0.2) is 0 Å². The second-order valence-corrected chi connectivity index (χ2v) is 4.61. The summed E-state index contributed by atoms with van der Waals surface area (Å²) in [5, 5.41) is 0.720. The lowest BCUT2D eigenvalue weighted by molar-refractivity contribution is 0.0533. The van der Waals surface area contributed by atoms with Crippen molar-refractivity contribution in [3.05, 3.63) is 26.9 Å². The van der Waals surface area contributed by atoms with Gasteiger partial charge in [-0.3, -0.25) is 4.79 Å². The third-order valence-corrected chi connectivity index (χ3v) is 3.49. The maximum atomic E-state index is 11.6. The Morgan fingerprint density at radius 3 is 2.94 bits per heavy atom. The van der Waals surface area contributed by atoms with Crippen LogP contribution in [0.15, 0.2) is 10.9 Å². The van der Waals surface area contributed by atoms with Gasteiger partial charge in [-0.1, -0.05) is 0 Å². The SMILES string of the molecule is CCOC(=O)c1sc2[nH]c(=O)cc(C)c2c1N. The second kappa shape index (κ2) is 4.21. The van der Waals surface area contributed by atoms with Gasteiger partial charge >= 0.3 is 5.97 Å². The Morgan fingerprint density at radius 2 is 2.29 bits per heavy atom. The summed E-state index contributed by atoms with van der Waals surface area (Å²) >= 11 is 1.15. The summed E-state index contributed by atoms with van der Waals surface area (Å²) in [6.07, 6.45) is 0. The van der Waals surface area contributed by atoms with Gasteiger partial charge in [-0.05, 0) is 19.4 Å². The van der Waals surface area contributed by atoms with Crippen LogP contribution in [0.3, 0.4) is 0 Å². The van der Waals surface area contributed by atoms with E-state index in [0.717, 1.165) is 22.3 Å². The van der Waals surface area contributed by atoms with Gasteiger partial charge in [0.1, 0.15) is 9.71 Å². The monoisotopic (exact) mass is 252 g/mol. The fourth-order valence-electron chi connectivity index (χ4n) is 1.69. The van der Waals surface area contributed by atoms with Crippen LogP contribution in [0, 0.1) is 6.92 Å². The fraction of sp³-hybridized carbons (Fsp3) is 0.273. The quantitative estimate of drug-likeness (QED) is 0.796. The molecule has 17 heavy (non-hydrogen) atoms. The Hall–Kier alpha value is -1.82. The Kier molecular flexibility index (Phi) is 2.89. The van der Waals surface area contributed by atoms with Gasteiger partial charge in [-0.25, -0.2) is 4.79 Å². The highest BCUT2D eigenvalue weighted by atomic mass is 32.1. The van der Waals surface area contributed by atoms with Gasteiger partial charge in [0.25, 0.3) is 0 Å². The number of carbonyl (C=O) groups excluding carboxylic acids is 1. The molecule has 2 aromatic rings. The highest BCUT2D eigenvalue weighted by molar-refractivity contribution is 7.21. The Balaban J connectivity index is 2.69. The molecule has 0 radical (unpaired) electrons. The predicted octanol–water partition coefficient (Wildman–Crippen LogP) is 1.66. The molecule has 90 valence electrons. The average Bonchev–Trinajstić information content (AvgIpc) is 2.56. The lowest BCUT2D eigenvalue weighted by atomic mass is 10.2. The summed E-state index contributed by atoms with van der Waals surface area (Å²) in [5.74, 6) is -0.452. The van der Waals surface area contributed by atoms with Crippen LogP contribution in [-0.4, -0.2) is 17.6 Å². The number of fused-ring (bicyclic) bond motifs is 1. The van der Waals surface area contributed by atoms with E-state index in [1.165, 1.54) is 6.07 Å². The van der Waals surface area contributed by atoms with E-state index in [4.69, 9.17) is 10.5 Å². The third-order valence-electron chi connectivity index (χ3n) is 2.38. The van der Waals surface area contributed by atoms with Crippen LogP contribution in [-0.2, 0) is 4.74 Å². The number of aromatic amines is 1. The lowest BCUT2D eigenvalue weighted by Crippen LogP contribution is -2.05. The van der Waals surface area contributed by atoms with E-state index in [1.54, 1.807) is 13.8 Å². The minimum Gasteiger partial charge on any atom is -0.462 e. The molecular formula is C11H12N2O3S. The zero-order valence-electron chi connectivity index (χ0n) is 9.49. The molecule has 0 aromatic carbocycles. The standard InChI is InChI=1S/C11H12N2O3S/c1-3-16-11(15)9-8(12)7-5(2)4-6(14)13-10(7)17-9/h4H,3,12H2,1-2H3,(H,13,14). The van der Waals surface area contributed by atoms with Crippen LogP contribution in [0.4, 0.5) is 5.69 Å². The molecule has 2 heterocycles. The van der Waals surface area contributed by atoms with E-state index in [0.29, 0.717) is 22.0 Å². The maximum absolute atomic E-state index is 11.6. The van der Waals surface area contributed by atoms with Crippen molar-refractivity contribution in [2.45, 2.75) is 13.8 Å². The number of thiophene rings is 1. The van der Waals surface area contributed by atoms with E-state index in [2.05, 4.69) is 4.98 Å². The number of hydrogen-bond donors (Lipinski definition) is 2. The van der Waals surface area contributed by atoms with Crippen molar-refractivity contribution in [2.75, 3.05) is 12.3 Å². The number of nitrogens with one attached hydrogen (secondary N) is 1. The largest absolute Gasteiger partial charge is 0.462 e. The van der Waals surface area contributed by atoms with Gasteiger partial charge in [0, 0.05) is 11.5 Å². The molecule has 0 fully saturated rings. The van der Waals surface area contributed by atoms with Gasteiger partial charge in [-0.2, -0.15) is 0 Å². The topological polar surface area (TPSA) is 85.2 Å². The first-order valence-corrected chi connectivity index (χ1v) is 5.95. The van der Waals surface area contributed by atoms with Crippen molar-refractivity contribution in [1.82, 2.24) is 4.98 Å². The van der Waals surface area contributed by atoms with Crippen molar-refractivity contribution in [2.24, 2.45) is 0 Å². The van der Waals surface area contributed by atoms with Gasteiger partial charge < -0.3 is 15.5 Å². The number of aryl methyl sites for hydroxylation is 1.